The fourth-order valence-electron chi connectivity index (χ4n) is 2.94. The van der Waals surface area contributed by atoms with Gasteiger partial charge in [-0.05, 0) is 57.6 Å². The monoisotopic (exact) mass is 326 g/mol. The molecule has 1 fully saturated rings. The minimum Gasteiger partial charge on any atom is -0.507 e. The Labute approximate surface area is 135 Å². The number of hydrogen-bond donors (Lipinski definition) is 1. The van der Waals surface area contributed by atoms with E-state index in [-0.39, 0.29) is 30.1 Å². The molecule has 0 radical (unpaired) electrons. The molecule has 0 heterocycles. The molecule has 128 valence electrons. The van der Waals surface area contributed by atoms with Gasteiger partial charge in [-0.15, -0.1) is 0 Å². The van der Waals surface area contributed by atoms with Crippen LogP contribution in [0.25, 0.3) is 0 Å². The summed E-state index contributed by atoms with van der Waals surface area (Å²) < 4.78 is 31.9. The third-order valence-electron chi connectivity index (χ3n) is 4.08. The lowest BCUT2D eigenvalue weighted by molar-refractivity contribution is -0.0457. The minimum atomic E-state index is -2.57. The van der Waals surface area contributed by atoms with Crippen LogP contribution in [0, 0.1) is 5.92 Å². The lowest BCUT2D eigenvalue weighted by atomic mass is 9.82. The van der Waals surface area contributed by atoms with Crippen molar-refractivity contribution in [2.24, 2.45) is 5.92 Å². The first-order valence-electron chi connectivity index (χ1n) is 7.99. The van der Waals surface area contributed by atoms with Crippen molar-refractivity contribution in [3.63, 3.8) is 0 Å². The Balaban J connectivity index is 2.16. The number of alkyl halides is 2. The van der Waals surface area contributed by atoms with Gasteiger partial charge in [0.25, 0.3) is 0 Å². The van der Waals surface area contributed by atoms with Crippen molar-refractivity contribution in [3.05, 3.63) is 29.3 Å². The van der Waals surface area contributed by atoms with Crippen molar-refractivity contribution in [1.29, 1.82) is 0 Å². The predicted molar refractivity (Wildman–Crippen MR) is 83.9 cm³/mol. The van der Waals surface area contributed by atoms with Gasteiger partial charge in [-0.2, -0.15) is 0 Å². The Morgan fingerprint density at radius 1 is 1.30 bits per heavy atom. The van der Waals surface area contributed by atoms with Gasteiger partial charge in [0.15, 0.2) is 0 Å². The first-order valence-corrected chi connectivity index (χ1v) is 7.99. The SMILES string of the molecule is CC(C)(C)OC(=O)c1c(O)cccc1CC1CCC(F)(F)CC1. The van der Waals surface area contributed by atoms with Crippen molar-refractivity contribution in [1.82, 2.24) is 0 Å². The van der Waals surface area contributed by atoms with Gasteiger partial charge in [0.1, 0.15) is 16.9 Å². The van der Waals surface area contributed by atoms with Gasteiger partial charge >= 0.3 is 5.97 Å². The molecule has 1 aromatic carbocycles. The highest BCUT2D eigenvalue weighted by Crippen LogP contribution is 2.38. The van der Waals surface area contributed by atoms with Gasteiger partial charge in [-0.25, -0.2) is 13.6 Å². The van der Waals surface area contributed by atoms with Gasteiger partial charge in [0.2, 0.25) is 5.92 Å². The molecule has 3 nitrogen and oxygen atoms in total. The van der Waals surface area contributed by atoms with Crippen LogP contribution in [-0.2, 0) is 11.2 Å². The van der Waals surface area contributed by atoms with E-state index in [0.717, 1.165) is 0 Å². The zero-order chi connectivity index (χ0) is 17.3. The van der Waals surface area contributed by atoms with Crippen LogP contribution in [-0.4, -0.2) is 22.6 Å². The molecule has 5 heteroatoms. The number of esters is 1. The molecule has 1 aromatic rings. The number of carbonyl (C=O) groups excluding carboxylic acids is 1. The Morgan fingerprint density at radius 2 is 1.91 bits per heavy atom. The molecule has 1 saturated carbocycles. The van der Waals surface area contributed by atoms with Crippen molar-refractivity contribution in [2.45, 2.75) is 64.4 Å². The average Bonchev–Trinajstić information content (AvgIpc) is 2.39. The van der Waals surface area contributed by atoms with Crippen LogP contribution in [0.2, 0.25) is 0 Å². The molecule has 0 saturated heterocycles. The molecule has 2 rings (SSSR count). The molecule has 1 N–H and O–H groups in total. The topological polar surface area (TPSA) is 46.5 Å². The van der Waals surface area contributed by atoms with E-state index >= 15 is 0 Å². The van der Waals surface area contributed by atoms with Crippen molar-refractivity contribution < 1.29 is 23.4 Å². The van der Waals surface area contributed by atoms with Crippen LogP contribution in [0.5, 0.6) is 5.75 Å². The summed E-state index contributed by atoms with van der Waals surface area (Å²) in [6.07, 6.45) is 1.13. The number of phenolic OH excluding ortho intramolecular Hbond substituents is 1. The van der Waals surface area contributed by atoms with Gasteiger partial charge in [-0.3, -0.25) is 0 Å². The summed E-state index contributed by atoms with van der Waals surface area (Å²) >= 11 is 0. The van der Waals surface area contributed by atoms with E-state index in [4.69, 9.17) is 4.74 Å². The third-order valence-corrected chi connectivity index (χ3v) is 4.08. The lowest BCUT2D eigenvalue weighted by Gasteiger charge is -2.29. The van der Waals surface area contributed by atoms with E-state index in [1.54, 1.807) is 32.9 Å². The molecule has 0 atom stereocenters. The largest absolute Gasteiger partial charge is 0.507 e. The molecular formula is C18H24F2O3. The molecule has 0 unspecified atom stereocenters. The fourth-order valence-corrected chi connectivity index (χ4v) is 2.94. The van der Waals surface area contributed by atoms with Crippen molar-refractivity contribution >= 4 is 5.97 Å². The van der Waals surface area contributed by atoms with E-state index in [1.807, 2.05) is 0 Å². The molecule has 0 bridgehead atoms. The molecule has 1 aliphatic carbocycles. The summed E-state index contributed by atoms with van der Waals surface area (Å²) in [5, 5.41) is 10.1. The van der Waals surface area contributed by atoms with Crippen LogP contribution in [0.4, 0.5) is 8.78 Å². The smallest absolute Gasteiger partial charge is 0.342 e. The highest BCUT2D eigenvalue weighted by atomic mass is 19.3. The van der Waals surface area contributed by atoms with E-state index < -0.39 is 17.5 Å². The highest BCUT2D eigenvalue weighted by molar-refractivity contribution is 5.94. The normalized spacial score (nSPS) is 18.7. The highest BCUT2D eigenvalue weighted by Gasteiger charge is 2.35. The number of hydrogen-bond acceptors (Lipinski definition) is 3. The Bertz CT molecular complexity index is 566. The standard InChI is InChI=1S/C18H24F2O3/c1-17(2,3)23-16(22)15-13(5-4-6-14(15)21)11-12-7-9-18(19,20)10-8-12/h4-6,12,21H,7-11H2,1-3H3. The summed E-state index contributed by atoms with van der Waals surface area (Å²) in [6, 6.07) is 4.86. The number of halogens is 2. The van der Waals surface area contributed by atoms with Crippen LogP contribution in [0.15, 0.2) is 18.2 Å². The number of phenols is 1. The molecule has 1 aliphatic rings. The molecule has 0 amide bonds. The summed E-state index contributed by atoms with van der Waals surface area (Å²) in [7, 11) is 0. The molecule has 0 aromatic heterocycles. The maximum Gasteiger partial charge on any atom is 0.342 e. The number of aromatic hydroxyl groups is 1. The van der Waals surface area contributed by atoms with Gasteiger partial charge in [-0.1, -0.05) is 12.1 Å². The fraction of sp³-hybridized carbons (Fsp3) is 0.611. The second-order valence-electron chi connectivity index (χ2n) is 7.32. The number of rotatable bonds is 3. The summed E-state index contributed by atoms with van der Waals surface area (Å²) in [6.45, 7) is 5.27. The third kappa shape index (κ3) is 4.91. The molecule has 0 spiro atoms. The van der Waals surface area contributed by atoms with Crippen molar-refractivity contribution in [2.75, 3.05) is 0 Å². The first-order chi connectivity index (χ1) is 10.6. The van der Waals surface area contributed by atoms with Gasteiger partial charge in [0, 0.05) is 12.8 Å². The second kappa shape index (κ2) is 6.46. The Morgan fingerprint density at radius 3 is 2.48 bits per heavy atom. The Hall–Kier alpha value is -1.65. The summed E-state index contributed by atoms with van der Waals surface area (Å²) in [5.74, 6) is -3.18. The average molecular weight is 326 g/mol. The van der Waals surface area contributed by atoms with E-state index in [9.17, 15) is 18.7 Å². The van der Waals surface area contributed by atoms with Crippen LogP contribution < -0.4 is 0 Å². The minimum absolute atomic E-state index is 0.0950. The molecular weight excluding hydrogens is 302 g/mol. The maximum absolute atomic E-state index is 13.3. The summed E-state index contributed by atoms with van der Waals surface area (Å²) in [4.78, 5) is 12.3. The zero-order valence-electron chi connectivity index (χ0n) is 13.9. The quantitative estimate of drug-likeness (QED) is 0.818. The molecule has 23 heavy (non-hydrogen) atoms. The van der Waals surface area contributed by atoms with E-state index in [0.29, 0.717) is 24.8 Å². The lowest BCUT2D eigenvalue weighted by Crippen LogP contribution is -2.27. The zero-order valence-corrected chi connectivity index (χ0v) is 13.9. The predicted octanol–water partition coefficient (Wildman–Crippen LogP) is 4.72. The second-order valence-corrected chi connectivity index (χ2v) is 7.32. The maximum atomic E-state index is 13.3. The van der Waals surface area contributed by atoms with Gasteiger partial charge in [0.05, 0.1) is 0 Å². The van der Waals surface area contributed by atoms with Gasteiger partial charge < -0.3 is 9.84 Å². The first kappa shape index (κ1) is 17.7. The van der Waals surface area contributed by atoms with Crippen LogP contribution in [0.3, 0.4) is 0 Å². The number of carbonyl (C=O) groups is 1. The number of benzene rings is 1. The Kier molecular flexibility index (Phi) is 4.97. The van der Waals surface area contributed by atoms with Crippen molar-refractivity contribution in [3.8, 4) is 5.75 Å². The van der Waals surface area contributed by atoms with Crippen LogP contribution >= 0.6 is 0 Å². The molecule has 0 aliphatic heterocycles. The number of ether oxygens (including phenoxy) is 1. The summed E-state index contributed by atoms with van der Waals surface area (Å²) in [5.41, 5.74) is 0.151. The van der Waals surface area contributed by atoms with E-state index in [2.05, 4.69) is 0 Å². The van der Waals surface area contributed by atoms with Crippen LogP contribution in [0.1, 0.15) is 62.4 Å². The van der Waals surface area contributed by atoms with E-state index in [1.165, 1.54) is 6.07 Å².